The first kappa shape index (κ1) is 55.7. The lowest BCUT2D eigenvalue weighted by atomic mass is 10.1. The van der Waals surface area contributed by atoms with Gasteiger partial charge in [0.2, 0.25) is 0 Å². The van der Waals surface area contributed by atoms with Crippen molar-refractivity contribution < 1.29 is 37.3 Å². The van der Waals surface area contributed by atoms with Crippen molar-refractivity contribution in [1.29, 1.82) is 0 Å². The molecule has 0 aromatic heterocycles. The largest absolute Gasteiger partial charge is 0.756 e. The molecule has 0 aliphatic carbocycles. The van der Waals surface area contributed by atoms with Crippen LogP contribution in [0.1, 0.15) is 206 Å². The highest BCUT2D eigenvalue weighted by Crippen LogP contribution is 2.38. The monoisotopic (exact) mass is 826 g/mol. The van der Waals surface area contributed by atoms with Crippen molar-refractivity contribution in [2.75, 3.05) is 54.1 Å². The van der Waals surface area contributed by atoms with E-state index in [0.717, 1.165) is 38.5 Å². The molecule has 0 bridgehead atoms. The smallest absolute Gasteiger partial charge is 0.306 e. The molecule has 0 saturated carbocycles. The molecular formula is C48H92NO7P. The fraction of sp³-hybridized carbons (Fsp3) is 0.854. The number of ether oxygens (including phenoxy) is 2. The third-order valence-electron chi connectivity index (χ3n) is 10.2. The van der Waals surface area contributed by atoms with Crippen molar-refractivity contribution in [3.8, 4) is 0 Å². The normalized spacial score (nSPS) is 14.0. The van der Waals surface area contributed by atoms with E-state index in [9.17, 15) is 14.3 Å². The number of unbranched alkanes of at least 4 members (excludes halogenated alkanes) is 24. The second-order valence-corrected chi connectivity index (χ2v) is 18.5. The first-order chi connectivity index (χ1) is 27.6. The van der Waals surface area contributed by atoms with Gasteiger partial charge >= 0.3 is 5.97 Å². The van der Waals surface area contributed by atoms with Gasteiger partial charge in [-0.3, -0.25) is 9.36 Å². The summed E-state index contributed by atoms with van der Waals surface area (Å²) in [4.78, 5) is 25.1. The molecule has 0 N–H and O–H groups in total. The van der Waals surface area contributed by atoms with Gasteiger partial charge in [0.15, 0.2) is 0 Å². The highest BCUT2D eigenvalue weighted by Gasteiger charge is 2.20. The van der Waals surface area contributed by atoms with Gasteiger partial charge in [0.1, 0.15) is 19.3 Å². The van der Waals surface area contributed by atoms with E-state index in [1.165, 1.54) is 148 Å². The van der Waals surface area contributed by atoms with Crippen LogP contribution in [0.2, 0.25) is 0 Å². The summed E-state index contributed by atoms with van der Waals surface area (Å²) in [5.41, 5.74) is 0. The van der Waals surface area contributed by atoms with Gasteiger partial charge in [-0.25, -0.2) is 0 Å². The number of hydrogen-bond acceptors (Lipinski definition) is 7. The van der Waals surface area contributed by atoms with Crippen LogP contribution in [0.25, 0.3) is 0 Å². The quantitative estimate of drug-likeness (QED) is 0.0198. The molecule has 0 radical (unpaired) electrons. The molecule has 0 heterocycles. The van der Waals surface area contributed by atoms with Crippen LogP contribution in [0.4, 0.5) is 0 Å². The Labute approximate surface area is 353 Å². The van der Waals surface area contributed by atoms with Crippen molar-refractivity contribution in [1.82, 2.24) is 0 Å². The lowest BCUT2D eigenvalue weighted by Crippen LogP contribution is -2.37. The van der Waals surface area contributed by atoms with Gasteiger partial charge in [-0.2, -0.15) is 0 Å². The molecule has 8 nitrogen and oxygen atoms in total. The molecule has 0 saturated heterocycles. The molecule has 0 aliphatic heterocycles. The number of rotatable bonds is 44. The summed E-state index contributed by atoms with van der Waals surface area (Å²) in [7, 11) is 1.35. The van der Waals surface area contributed by atoms with Crippen LogP contribution in [0, 0.1) is 0 Å². The number of quaternary nitrogens is 1. The number of allylic oxidation sites excluding steroid dienone is 6. The van der Waals surface area contributed by atoms with E-state index < -0.39 is 13.9 Å². The Morgan fingerprint density at radius 3 is 1.47 bits per heavy atom. The molecule has 0 aromatic carbocycles. The minimum atomic E-state index is -4.53. The minimum absolute atomic E-state index is 0.0241. The molecule has 0 aromatic rings. The Morgan fingerprint density at radius 1 is 0.544 bits per heavy atom. The van der Waals surface area contributed by atoms with E-state index in [2.05, 4.69) is 50.3 Å². The summed E-state index contributed by atoms with van der Waals surface area (Å²) >= 11 is 0. The molecule has 0 aliphatic rings. The molecule has 9 heteroatoms. The SMILES string of the molecule is CCCCC/C=C\C/C=C\CCCCCCCCCCOCC(COP(=O)([O-])OCC[N+](C)(C)C)OC(=O)CCCCCCCCC/C=C\CCCCCCCC. The Bertz CT molecular complexity index is 1010. The van der Waals surface area contributed by atoms with Crippen LogP contribution in [0.3, 0.4) is 0 Å². The van der Waals surface area contributed by atoms with Crippen molar-refractivity contribution in [3.05, 3.63) is 36.5 Å². The fourth-order valence-electron chi connectivity index (χ4n) is 6.45. The Kier molecular flexibility index (Phi) is 40.5. The maximum absolute atomic E-state index is 12.7. The molecule has 0 spiro atoms. The van der Waals surface area contributed by atoms with Gasteiger partial charge in [-0.15, -0.1) is 0 Å². The van der Waals surface area contributed by atoms with Gasteiger partial charge in [0.25, 0.3) is 7.82 Å². The minimum Gasteiger partial charge on any atom is -0.756 e. The van der Waals surface area contributed by atoms with E-state index in [1.54, 1.807) is 0 Å². The number of phosphoric ester groups is 1. The van der Waals surface area contributed by atoms with E-state index in [1.807, 2.05) is 21.1 Å². The number of carbonyl (C=O) groups excluding carboxylic acids is 1. The predicted octanol–water partition coefficient (Wildman–Crippen LogP) is 13.5. The van der Waals surface area contributed by atoms with Gasteiger partial charge in [0, 0.05) is 13.0 Å². The topological polar surface area (TPSA) is 94.1 Å². The highest BCUT2D eigenvalue weighted by molar-refractivity contribution is 7.45. The lowest BCUT2D eigenvalue weighted by molar-refractivity contribution is -0.870. The van der Waals surface area contributed by atoms with E-state index in [0.29, 0.717) is 24.1 Å². The first-order valence-corrected chi connectivity index (χ1v) is 25.2. The standard InChI is InChI=1S/C48H92NO7P/c1-6-8-10-12-14-16-18-20-22-24-26-28-30-32-34-36-38-40-43-53-45-47(46-55-57(51,52)54-44-42-49(3,4)5)56-48(50)41-39-37-35-33-31-29-27-25-23-21-19-17-15-13-11-9-7-2/h14,16,20-23,47H,6-13,15,17-19,24-46H2,1-5H3/b16-14-,22-20-,23-21-. The van der Waals surface area contributed by atoms with E-state index in [-0.39, 0.29) is 25.8 Å². The van der Waals surface area contributed by atoms with Crippen LogP contribution in [-0.4, -0.2) is 70.7 Å². The van der Waals surface area contributed by atoms with E-state index >= 15 is 0 Å². The molecule has 2 atom stereocenters. The average molecular weight is 826 g/mol. The maximum atomic E-state index is 12.7. The van der Waals surface area contributed by atoms with E-state index in [4.69, 9.17) is 18.5 Å². The summed E-state index contributed by atoms with van der Waals surface area (Å²) in [6.45, 7) is 5.38. The third kappa shape index (κ3) is 45.7. The average Bonchev–Trinajstić information content (AvgIpc) is 3.16. The van der Waals surface area contributed by atoms with Crippen LogP contribution in [0.15, 0.2) is 36.5 Å². The van der Waals surface area contributed by atoms with Gasteiger partial charge in [0.05, 0.1) is 34.4 Å². The molecular weight excluding hydrogens is 734 g/mol. The molecule has 0 amide bonds. The van der Waals surface area contributed by atoms with Crippen LogP contribution >= 0.6 is 7.82 Å². The third-order valence-corrected chi connectivity index (χ3v) is 11.1. The molecule has 57 heavy (non-hydrogen) atoms. The Hall–Kier alpha value is -1.28. The summed E-state index contributed by atoms with van der Waals surface area (Å²) in [5.74, 6) is -0.340. The van der Waals surface area contributed by atoms with Crippen LogP contribution in [0.5, 0.6) is 0 Å². The van der Waals surface area contributed by atoms with Crippen molar-refractivity contribution in [3.63, 3.8) is 0 Å². The van der Waals surface area contributed by atoms with Crippen molar-refractivity contribution in [2.45, 2.75) is 213 Å². The first-order valence-electron chi connectivity index (χ1n) is 23.7. The zero-order valence-corrected chi connectivity index (χ0v) is 38.9. The maximum Gasteiger partial charge on any atom is 0.306 e. The number of esters is 1. The number of phosphoric acid groups is 1. The number of likely N-dealkylation sites (N-methyl/N-ethyl adjacent to an activating group) is 1. The lowest BCUT2D eigenvalue weighted by Gasteiger charge is -2.28. The predicted molar refractivity (Wildman–Crippen MR) is 240 cm³/mol. The summed E-state index contributed by atoms with van der Waals surface area (Å²) in [5, 5.41) is 0. The Morgan fingerprint density at radius 2 is 0.965 bits per heavy atom. The molecule has 0 fully saturated rings. The highest BCUT2D eigenvalue weighted by atomic mass is 31.2. The zero-order valence-electron chi connectivity index (χ0n) is 38.0. The summed E-state index contributed by atoms with van der Waals surface area (Å²) < 4.78 is 34.7. The summed E-state index contributed by atoms with van der Waals surface area (Å²) in [6, 6.07) is 0. The van der Waals surface area contributed by atoms with Crippen molar-refractivity contribution in [2.24, 2.45) is 0 Å². The van der Waals surface area contributed by atoms with Gasteiger partial charge in [-0.1, -0.05) is 166 Å². The molecule has 336 valence electrons. The fourth-order valence-corrected chi connectivity index (χ4v) is 7.18. The Balaban J connectivity index is 4.20. The van der Waals surface area contributed by atoms with Crippen LogP contribution in [-0.2, 0) is 27.9 Å². The zero-order chi connectivity index (χ0) is 42.0. The number of nitrogens with zero attached hydrogens (tertiary/aromatic N) is 1. The number of carbonyl (C=O) groups is 1. The number of hydrogen-bond donors (Lipinski definition) is 0. The molecule has 2 unspecified atom stereocenters. The summed E-state index contributed by atoms with van der Waals surface area (Å²) in [6.07, 6.45) is 48.7. The second-order valence-electron chi connectivity index (χ2n) is 17.1. The van der Waals surface area contributed by atoms with Crippen molar-refractivity contribution >= 4 is 13.8 Å². The molecule has 0 rings (SSSR count). The second kappa shape index (κ2) is 41.5. The van der Waals surface area contributed by atoms with Crippen LogP contribution < -0.4 is 4.89 Å². The van der Waals surface area contributed by atoms with Gasteiger partial charge in [-0.05, 0) is 70.6 Å². The van der Waals surface area contributed by atoms with Gasteiger partial charge < -0.3 is 27.9 Å².